The van der Waals surface area contributed by atoms with Crippen LogP contribution in [0.1, 0.15) is 26.7 Å². The van der Waals surface area contributed by atoms with Crippen molar-refractivity contribution in [3.63, 3.8) is 0 Å². The fraction of sp³-hybridized carbons (Fsp3) is 0.857. The zero-order valence-electron chi connectivity index (χ0n) is 5.85. The van der Waals surface area contributed by atoms with E-state index in [0.717, 1.165) is 12.8 Å². The van der Waals surface area contributed by atoms with Crippen molar-refractivity contribution in [2.24, 2.45) is 10.9 Å². The summed E-state index contributed by atoms with van der Waals surface area (Å²) in [5.74, 6) is 0.601. The molecule has 0 amide bonds. The molecule has 2 nitrogen and oxygen atoms in total. The van der Waals surface area contributed by atoms with Crippen LogP contribution in [0.15, 0.2) is 4.99 Å². The highest BCUT2D eigenvalue weighted by atomic mass is 16.1. The zero-order chi connectivity index (χ0) is 6.91. The van der Waals surface area contributed by atoms with E-state index in [-0.39, 0.29) is 5.54 Å². The lowest BCUT2D eigenvalue weighted by Gasteiger charge is -2.01. The number of nitrogens with zero attached hydrogens (tertiary/aromatic N) is 1. The molecule has 1 aliphatic rings. The number of hydrogen-bond donors (Lipinski definition) is 0. The molecule has 1 aliphatic carbocycles. The van der Waals surface area contributed by atoms with Crippen LogP contribution < -0.4 is 0 Å². The highest BCUT2D eigenvalue weighted by molar-refractivity contribution is 5.37. The zero-order valence-corrected chi connectivity index (χ0v) is 5.85. The summed E-state index contributed by atoms with van der Waals surface area (Å²) in [5, 5.41) is 0. The lowest BCUT2D eigenvalue weighted by Crippen LogP contribution is -2.04. The summed E-state index contributed by atoms with van der Waals surface area (Å²) < 4.78 is 0. The van der Waals surface area contributed by atoms with Crippen LogP contribution in [0.5, 0.6) is 0 Å². The normalized spacial score (nSPS) is 39.6. The summed E-state index contributed by atoms with van der Waals surface area (Å²) in [4.78, 5) is 13.6. The van der Waals surface area contributed by atoms with E-state index in [1.165, 1.54) is 0 Å². The molecular weight excluding hydrogens is 114 g/mol. The smallest absolute Gasteiger partial charge is 0.211 e. The average Bonchev–Trinajstić information content (AvgIpc) is 2.45. The summed E-state index contributed by atoms with van der Waals surface area (Å²) in [6.07, 6.45) is 3.67. The van der Waals surface area contributed by atoms with Crippen molar-refractivity contribution in [2.45, 2.75) is 32.2 Å². The van der Waals surface area contributed by atoms with Gasteiger partial charge in [-0.25, -0.2) is 4.79 Å². The van der Waals surface area contributed by atoms with Gasteiger partial charge in [0, 0.05) is 0 Å². The lowest BCUT2D eigenvalue weighted by atomic mass is 10.2. The fourth-order valence-electron chi connectivity index (χ4n) is 1.29. The summed E-state index contributed by atoms with van der Waals surface area (Å²) in [5.41, 5.74) is 0.00174. The van der Waals surface area contributed by atoms with E-state index >= 15 is 0 Å². The molecule has 1 rings (SSSR count). The van der Waals surface area contributed by atoms with Gasteiger partial charge in [-0.05, 0) is 18.8 Å². The topological polar surface area (TPSA) is 29.4 Å². The minimum Gasteiger partial charge on any atom is -0.211 e. The third-order valence-corrected chi connectivity index (χ3v) is 2.30. The van der Waals surface area contributed by atoms with Crippen molar-refractivity contribution in [1.82, 2.24) is 0 Å². The second-order valence-electron chi connectivity index (χ2n) is 2.77. The first-order chi connectivity index (χ1) is 4.25. The second kappa shape index (κ2) is 1.96. The van der Waals surface area contributed by atoms with E-state index in [1.54, 1.807) is 6.08 Å². The average molecular weight is 125 g/mol. The molecule has 9 heavy (non-hydrogen) atoms. The molecule has 2 heteroatoms. The molecule has 0 aliphatic heterocycles. The van der Waals surface area contributed by atoms with Gasteiger partial charge < -0.3 is 0 Å². The largest absolute Gasteiger partial charge is 0.235 e. The van der Waals surface area contributed by atoms with Crippen LogP contribution in [0.2, 0.25) is 0 Å². The molecule has 1 fully saturated rings. The minimum absolute atomic E-state index is 0.00174. The molecule has 0 bridgehead atoms. The minimum atomic E-state index is 0.00174. The first kappa shape index (κ1) is 6.50. The van der Waals surface area contributed by atoms with Gasteiger partial charge in [0.2, 0.25) is 6.08 Å². The van der Waals surface area contributed by atoms with Crippen molar-refractivity contribution in [1.29, 1.82) is 0 Å². The van der Waals surface area contributed by atoms with Crippen LogP contribution in [0.3, 0.4) is 0 Å². The Labute approximate surface area is 55.0 Å². The van der Waals surface area contributed by atoms with Gasteiger partial charge in [-0.2, -0.15) is 4.99 Å². The predicted molar refractivity (Wildman–Crippen MR) is 34.9 cm³/mol. The molecule has 0 aromatic heterocycles. The van der Waals surface area contributed by atoms with Crippen LogP contribution >= 0.6 is 0 Å². The van der Waals surface area contributed by atoms with Crippen molar-refractivity contribution >= 4 is 6.08 Å². The van der Waals surface area contributed by atoms with Gasteiger partial charge in [0.25, 0.3) is 0 Å². The van der Waals surface area contributed by atoms with Crippen LogP contribution in [-0.2, 0) is 4.79 Å². The molecular formula is C7H11NO. The molecule has 0 heterocycles. The molecule has 0 N–H and O–H groups in total. The van der Waals surface area contributed by atoms with Crippen LogP contribution in [-0.4, -0.2) is 11.6 Å². The summed E-state index contributed by atoms with van der Waals surface area (Å²) in [6.45, 7) is 4.18. The highest BCUT2D eigenvalue weighted by Crippen LogP contribution is 2.48. The van der Waals surface area contributed by atoms with E-state index in [9.17, 15) is 4.79 Å². The molecule has 2 atom stereocenters. The van der Waals surface area contributed by atoms with Crippen molar-refractivity contribution in [3.05, 3.63) is 0 Å². The molecule has 0 aromatic carbocycles. The van der Waals surface area contributed by atoms with Gasteiger partial charge >= 0.3 is 0 Å². The lowest BCUT2D eigenvalue weighted by molar-refractivity contribution is 0.542. The summed E-state index contributed by atoms with van der Waals surface area (Å²) in [6, 6.07) is 0. The predicted octanol–water partition coefficient (Wildman–Crippen LogP) is 1.51. The van der Waals surface area contributed by atoms with Crippen LogP contribution in [0.4, 0.5) is 0 Å². The molecule has 50 valence electrons. The van der Waals surface area contributed by atoms with E-state index in [0.29, 0.717) is 5.92 Å². The van der Waals surface area contributed by atoms with Crippen molar-refractivity contribution in [2.75, 3.05) is 0 Å². The maximum atomic E-state index is 9.87. The molecule has 0 radical (unpaired) electrons. The van der Waals surface area contributed by atoms with Gasteiger partial charge in [0.05, 0.1) is 5.54 Å². The third kappa shape index (κ3) is 0.903. The third-order valence-electron chi connectivity index (χ3n) is 2.30. The number of isocyanates is 1. The number of hydrogen-bond acceptors (Lipinski definition) is 2. The summed E-state index contributed by atoms with van der Waals surface area (Å²) >= 11 is 0. The van der Waals surface area contributed by atoms with Gasteiger partial charge in [0.1, 0.15) is 0 Å². The number of aliphatic imine (C=N–C) groups is 1. The van der Waals surface area contributed by atoms with Crippen molar-refractivity contribution in [3.8, 4) is 0 Å². The Morgan fingerprint density at radius 1 is 1.89 bits per heavy atom. The van der Waals surface area contributed by atoms with Gasteiger partial charge in [-0.3, -0.25) is 0 Å². The highest BCUT2D eigenvalue weighted by Gasteiger charge is 2.49. The maximum Gasteiger partial charge on any atom is 0.235 e. The molecule has 0 aromatic rings. The molecule has 0 saturated heterocycles. The number of carbonyl (C=O) groups excluding carboxylic acids is 1. The fourth-order valence-corrected chi connectivity index (χ4v) is 1.29. The monoisotopic (exact) mass is 125 g/mol. The molecule has 2 unspecified atom stereocenters. The Bertz CT molecular complexity index is 156. The van der Waals surface area contributed by atoms with Crippen LogP contribution in [0, 0.1) is 5.92 Å². The first-order valence-corrected chi connectivity index (χ1v) is 3.34. The van der Waals surface area contributed by atoms with Gasteiger partial charge in [-0.1, -0.05) is 13.8 Å². The Hall–Kier alpha value is -0.620. The maximum absolute atomic E-state index is 9.87. The Morgan fingerprint density at radius 2 is 2.44 bits per heavy atom. The Morgan fingerprint density at radius 3 is 2.56 bits per heavy atom. The summed E-state index contributed by atoms with van der Waals surface area (Å²) in [7, 11) is 0. The van der Waals surface area contributed by atoms with E-state index < -0.39 is 0 Å². The Balaban J connectivity index is 2.62. The first-order valence-electron chi connectivity index (χ1n) is 3.34. The van der Waals surface area contributed by atoms with Gasteiger partial charge in [0.15, 0.2) is 0 Å². The molecule has 1 saturated carbocycles. The van der Waals surface area contributed by atoms with Crippen molar-refractivity contribution < 1.29 is 4.79 Å². The van der Waals surface area contributed by atoms with E-state index in [1.807, 2.05) is 0 Å². The van der Waals surface area contributed by atoms with Crippen LogP contribution in [0.25, 0.3) is 0 Å². The van der Waals surface area contributed by atoms with E-state index in [4.69, 9.17) is 0 Å². The quantitative estimate of drug-likeness (QED) is 0.406. The van der Waals surface area contributed by atoms with E-state index in [2.05, 4.69) is 18.8 Å². The SMILES string of the molecule is CCC1(N=C=O)CC1C. The van der Waals surface area contributed by atoms with Gasteiger partial charge in [-0.15, -0.1) is 0 Å². The standard InChI is InChI=1S/C7H11NO/c1-3-7(8-5-9)4-6(7)2/h6H,3-4H2,1-2H3. The molecule has 0 spiro atoms. The Kier molecular flexibility index (Phi) is 1.42. The number of rotatable bonds is 2. The second-order valence-corrected chi connectivity index (χ2v) is 2.77.